The number of fused-ring (bicyclic) bond motifs is 6. The van der Waals surface area contributed by atoms with Gasteiger partial charge in [-0.05, 0) is 122 Å². The minimum Gasteiger partial charge on any atom is -0.0622 e. The number of nitrogen functional groups attached to an aromatic ring is 1. The summed E-state index contributed by atoms with van der Waals surface area (Å²) >= 11 is 6.42. The fraction of sp³-hybridized carbons (Fsp3) is 0.129. The molecule has 338 valence electrons. The third kappa shape index (κ3) is 12.2. The Morgan fingerprint density at radius 1 is 0.418 bits per heavy atom. The van der Waals surface area contributed by atoms with Crippen LogP contribution in [-0.2, 0) is 10.8 Å². The van der Waals surface area contributed by atoms with E-state index in [2.05, 4.69) is 261 Å². The average molecular weight is 1160 g/mol. The second kappa shape index (κ2) is 23.0. The Hall–Kier alpha value is -5.48. The predicted molar refractivity (Wildman–Crippen MR) is 298 cm³/mol. The molecule has 0 spiro atoms. The van der Waals surface area contributed by atoms with Gasteiger partial charge < -0.3 is 11.1 Å². The Kier molecular flexibility index (Phi) is 17.0. The molecule has 0 saturated carbocycles. The van der Waals surface area contributed by atoms with E-state index in [9.17, 15) is 0 Å². The van der Waals surface area contributed by atoms with Gasteiger partial charge in [-0.1, -0.05) is 225 Å². The average Bonchev–Trinajstić information content (AvgIpc) is 3.72. The molecule has 0 unspecified atom stereocenters. The summed E-state index contributed by atoms with van der Waals surface area (Å²) in [5.41, 5.74) is 26.3. The van der Waals surface area contributed by atoms with Crippen LogP contribution in [0.3, 0.4) is 0 Å². The fourth-order valence-corrected chi connectivity index (χ4v) is 9.31. The molecule has 0 aliphatic heterocycles. The normalized spacial score (nSPS) is 12.6. The molecule has 0 radical (unpaired) electrons. The molecule has 0 fully saturated rings. The van der Waals surface area contributed by atoms with E-state index in [-0.39, 0.29) is 10.8 Å². The number of nitrogens with two attached hydrogens (primary N) is 1. The molecule has 2 aliphatic rings. The molecule has 0 atom stereocenters. The molecule has 0 saturated heterocycles. The van der Waals surface area contributed by atoms with Crippen LogP contribution in [0.15, 0.2) is 229 Å². The summed E-state index contributed by atoms with van der Waals surface area (Å²) in [6.45, 7) is 11.2. The monoisotopic (exact) mass is 1160 g/mol. The van der Waals surface area contributed by atoms with E-state index in [1.165, 1.54) is 72.3 Å². The molecule has 0 bridgehead atoms. The van der Waals surface area contributed by atoms with E-state index < -0.39 is 0 Å². The Morgan fingerprint density at radius 2 is 0.821 bits per heavy atom. The number of rotatable bonds is 4. The maximum Gasteiger partial charge on any atom is -0.0398 e. The largest absolute Gasteiger partial charge is 0.0622 e. The molecule has 5 heteroatoms. The summed E-state index contributed by atoms with van der Waals surface area (Å²) in [6, 6.07) is 78.4. The van der Waals surface area contributed by atoms with Crippen molar-refractivity contribution in [1.82, 2.24) is 0 Å². The fourth-order valence-electron chi connectivity index (χ4n) is 8.91. The summed E-state index contributed by atoms with van der Waals surface area (Å²) in [4.78, 5) is 2.22. The van der Waals surface area contributed by atoms with Crippen molar-refractivity contribution in [3.8, 4) is 44.5 Å². The van der Waals surface area contributed by atoms with E-state index in [4.69, 9.17) is 5.73 Å². The summed E-state index contributed by atoms with van der Waals surface area (Å²) in [7, 11) is 0. The van der Waals surface area contributed by atoms with Crippen LogP contribution < -0.4 is 28.3 Å². The molecule has 9 aromatic carbocycles. The van der Waals surface area contributed by atoms with E-state index >= 15 is 0 Å². The van der Waals surface area contributed by atoms with Gasteiger partial charge in [0.15, 0.2) is 0 Å². The molecule has 9 aromatic rings. The number of hydrogen-bond donors (Lipinski definition) is 2. The van der Waals surface area contributed by atoms with Gasteiger partial charge in [0.1, 0.15) is 0 Å². The number of hydrogen-bond acceptors (Lipinski definition) is 2. The molecule has 11 rings (SSSR count). The number of benzene rings is 9. The van der Waals surface area contributed by atoms with Gasteiger partial charge in [-0.2, -0.15) is 0 Å². The van der Waals surface area contributed by atoms with Crippen molar-refractivity contribution in [2.24, 2.45) is 0 Å². The van der Waals surface area contributed by atoms with Crippen molar-refractivity contribution < 1.29 is 17.2 Å². The molecular weight excluding hydrogens is 1110 g/mol. The summed E-state index contributed by atoms with van der Waals surface area (Å²) in [5.74, 6) is 0. The van der Waals surface area contributed by atoms with Crippen LogP contribution in [-0.4, -0.2) is 4.93 Å². The number of alkyl halides is 1. The zero-order valence-electron chi connectivity index (χ0n) is 39.1. The van der Waals surface area contributed by atoms with Crippen LogP contribution in [0.2, 0.25) is 0 Å². The van der Waals surface area contributed by atoms with Crippen molar-refractivity contribution in [2.45, 2.75) is 45.4 Å². The number of anilines is 3. The first kappa shape index (κ1) is 49.4. The van der Waals surface area contributed by atoms with Gasteiger partial charge in [-0.15, -0.1) is 0 Å². The molecule has 2 nitrogen and oxygen atoms in total. The van der Waals surface area contributed by atoms with Crippen LogP contribution in [0.1, 0.15) is 55.5 Å². The maximum absolute atomic E-state index is 5.89. The van der Waals surface area contributed by atoms with E-state index in [0.29, 0.717) is 17.2 Å². The molecular formula is C62H58BrI2N2-. The van der Waals surface area contributed by atoms with Crippen LogP contribution in [0.5, 0.6) is 0 Å². The van der Waals surface area contributed by atoms with Crippen molar-refractivity contribution in [3.63, 3.8) is 0 Å². The Morgan fingerprint density at radius 3 is 1.33 bits per heavy atom. The standard InChI is InChI=1S/C27H23N.C15H15N.C12H9Br.C7H8.CH3I2/c1-27(2)25-14-7-6-13-23(25)24-16-15-22(18-26(24)27)28-21-12-8-11-20(17-21)19-9-4-3-5-10-19;1-15(2)13-6-4-3-5-11(13)12-8-7-10(16)9-14(12)15;13-12-8-4-7-11(9-12)10-5-2-1-3-6-10;1-7-5-3-2-4-6-7;1-3-2/h3-18,28H,1-2H3;3-9H,16H2,1-2H3;1-9H;2-6H,1H3;1H3/q;;;;-1. The van der Waals surface area contributed by atoms with Gasteiger partial charge in [0.2, 0.25) is 0 Å². The molecule has 2 aliphatic carbocycles. The Bertz CT molecular complexity index is 3020. The summed E-state index contributed by atoms with van der Waals surface area (Å²) in [5, 5.41) is 3.61. The van der Waals surface area contributed by atoms with Gasteiger partial charge in [-0.3, -0.25) is 0 Å². The summed E-state index contributed by atoms with van der Waals surface area (Å²) in [6.07, 6.45) is 0. The summed E-state index contributed by atoms with van der Waals surface area (Å²) < 4.78 is 1.12. The number of nitrogens with one attached hydrogen (secondary N) is 1. The zero-order valence-corrected chi connectivity index (χ0v) is 45.0. The SMILES string of the molecule is Brc1cccc(-c2ccccc2)c1.CC1(C)c2ccccc2-c2ccc(N)cc21.CC1(C)c2ccccc2-c2ccc(Nc3cccc(-c4ccccc4)c3)cc21.C[I-]I.Cc1ccccc1. The molecule has 3 N–H and O–H groups in total. The van der Waals surface area contributed by atoms with Gasteiger partial charge in [0.25, 0.3) is 0 Å². The Labute approximate surface area is 427 Å². The predicted octanol–water partition coefficient (Wildman–Crippen LogP) is 15.1. The number of aryl methyl sites for hydroxylation is 1. The number of halogens is 3. The van der Waals surface area contributed by atoms with Crippen molar-refractivity contribution in [1.29, 1.82) is 0 Å². The van der Waals surface area contributed by atoms with Crippen LogP contribution in [0.4, 0.5) is 17.1 Å². The third-order valence-electron chi connectivity index (χ3n) is 12.3. The van der Waals surface area contributed by atoms with Crippen LogP contribution in [0.25, 0.3) is 44.5 Å². The molecule has 0 heterocycles. The Balaban J connectivity index is 0.000000144. The first-order chi connectivity index (χ1) is 32.4. The van der Waals surface area contributed by atoms with Crippen molar-refractivity contribution in [3.05, 3.63) is 257 Å². The van der Waals surface area contributed by atoms with Gasteiger partial charge in [0.05, 0.1) is 0 Å². The molecule has 0 aromatic heterocycles. The molecule has 67 heavy (non-hydrogen) atoms. The zero-order chi connectivity index (χ0) is 47.4. The minimum absolute atomic E-state index is 0.0233. The topological polar surface area (TPSA) is 38.0 Å². The van der Waals surface area contributed by atoms with Crippen molar-refractivity contribution >= 4 is 51.6 Å². The van der Waals surface area contributed by atoms with E-state index in [0.717, 1.165) is 21.5 Å². The van der Waals surface area contributed by atoms with E-state index in [1.807, 2.05) is 42.5 Å². The second-order valence-corrected chi connectivity index (χ2v) is 24.9. The van der Waals surface area contributed by atoms with Crippen LogP contribution >= 0.6 is 34.5 Å². The quantitative estimate of drug-likeness (QED) is 0.105. The third-order valence-corrected chi connectivity index (χ3v) is 12.8. The molecule has 0 amide bonds. The maximum atomic E-state index is 5.89. The minimum atomic E-state index is 0.0233. The second-order valence-electron chi connectivity index (χ2n) is 17.7. The first-order valence-electron chi connectivity index (χ1n) is 22.5. The smallest absolute Gasteiger partial charge is 0.0398 e. The van der Waals surface area contributed by atoms with Gasteiger partial charge >= 0.3 is 40.8 Å². The van der Waals surface area contributed by atoms with E-state index in [1.54, 1.807) is 0 Å². The first-order valence-corrected chi connectivity index (χ1v) is 31.7. The van der Waals surface area contributed by atoms with Gasteiger partial charge in [-0.25, -0.2) is 0 Å². The van der Waals surface area contributed by atoms with Crippen LogP contribution in [0, 0.1) is 6.92 Å². The van der Waals surface area contributed by atoms with Gasteiger partial charge in [0, 0.05) is 32.4 Å². The van der Waals surface area contributed by atoms with Crippen molar-refractivity contribution in [2.75, 3.05) is 16.0 Å².